The quantitative estimate of drug-likeness (QED) is 0.453. The minimum Gasteiger partial charge on any atom is -0.491 e. The maximum atomic E-state index is 13.3. The predicted octanol–water partition coefficient (Wildman–Crippen LogP) is 3.86. The zero-order chi connectivity index (χ0) is 24.4. The lowest BCUT2D eigenvalue weighted by atomic mass is 10.2. The summed E-state index contributed by atoms with van der Waals surface area (Å²) < 4.78 is 8.60. The zero-order valence-electron chi connectivity index (χ0n) is 20.1. The molecule has 0 unspecified atom stereocenters. The molecule has 0 spiro atoms. The third-order valence-electron chi connectivity index (χ3n) is 5.66. The van der Waals surface area contributed by atoms with E-state index in [1.807, 2.05) is 82.3 Å². The first-order valence-corrected chi connectivity index (χ1v) is 11.3. The largest absolute Gasteiger partial charge is 0.491 e. The van der Waals surface area contributed by atoms with Gasteiger partial charge in [0.15, 0.2) is 5.52 Å². The Bertz CT molecular complexity index is 1370. The molecule has 1 N–H and O–H groups in total. The molecule has 8 heteroatoms. The van der Waals surface area contributed by atoms with E-state index < -0.39 is 11.6 Å². The number of fused-ring (bicyclic) bond motifs is 1. The highest BCUT2D eigenvalue weighted by Gasteiger charge is 2.23. The van der Waals surface area contributed by atoms with Crippen LogP contribution >= 0.6 is 0 Å². The van der Waals surface area contributed by atoms with Gasteiger partial charge in [-0.3, -0.25) is 9.59 Å². The number of carbonyl (C=O) groups excluding carboxylic acids is 1. The molecule has 0 saturated heterocycles. The van der Waals surface area contributed by atoms with Crippen LogP contribution in [0.1, 0.15) is 43.8 Å². The van der Waals surface area contributed by atoms with Gasteiger partial charge in [0.2, 0.25) is 5.91 Å². The average Bonchev–Trinajstić information content (AvgIpc) is 3.18. The van der Waals surface area contributed by atoms with E-state index in [0.717, 1.165) is 22.7 Å². The number of rotatable bonds is 7. The van der Waals surface area contributed by atoms with Crippen molar-refractivity contribution in [3.63, 3.8) is 0 Å². The number of ether oxygens (including phenoxy) is 1. The summed E-state index contributed by atoms with van der Waals surface area (Å²) in [5.41, 5.74) is 3.18. The molecule has 1 amide bonds. The number of nitrogens with one attached hydrogen (secondary N) is 1. The first-order chi connectivity index (χ1) is 16.3. The Kier molecular flexibility index (Phi) is 6.49. The third kappa shape index (κ3) is 4.57. The molecule has 0 radical (unpaired) electrons. The Balaban J connectivity index is 1.56. The molecule has 2 aromatic heterocycles. The molecule has 1 atom stereocenters. The van der Waals surface area contributed by atoms with E-state index in [0.29, 0.717) is 23.1 Å². The lowest BCUT2D eigenvalue weighted by Gasteiger charge is -2.15. The van der Waals surface area contributed by atoms with Gasteiger partial charge in [-0.2, -0.15) is 10.2 Å². The molecule has 0 aliphatic heterocycles. The molecule has 4 rings (SSSR count). The summed E-state index contributed by atoms with van der Waals surface area (Å²) in [6.45, 7) is 9.68. The van der Waals surface area contributed by atoms with E-state index in [1.54, 1.807) is 11.6 Å². The Labute approximate surface area is 198 Å². The van der Waals surface area contributed by atoms with Crippen LogP contribution in [-0.4, -0.2) is 31.6 Å². The fourth-order valence-electron chi connectivity index (χ4n) is 3.94. The lowest BCUT2D eigenvalue weighted by molar-refractivity contribution is -0.124. The van der Waals surface area contributed by atoms with E-state index in [1.165, 1.54) is 4.68 Å². The van der Waals surface area contributed by atoms with Gasteiger partial charge in [0.05, 0.1) is 28.6 Å². The van der Waals surface area contributed by atoms with E-state index in [4.69, 9.17) is 4.74 Å². The van der Waals surface area contributed by atoms with Crippen LogP contribution in [0.15, 0.2) is 59.4 Å². The summed E-state index contributed by atoms with van der Waals surface area (Å²) in [7, 11) is 0. The summed E-state index contributed by atoms with van der Waals surface area (Å²) in [4.78, 5) is 26.1. The fourth-order valence-corrected chi connectivity index (χ4v) is 3.94. The maximum absolute atomic E-state index is 13.3. The number of hydrogen-bond donors (Lipinski definition) is 1. The summed E-state index contributed by atoms with van der Waals surface area (Å²) in [6, 6.07) is 16.4. The Morgan fingerprint density at radius 1 is 1.00 bits per heavy atom. The molecular formula is C26H29N5O3. The fraction of sp³-hybridized carbons (Fsp3) is 0.308. The van der Waals surface area contributed by atoms with Crippen LogP contribution in [0.3, 0.4) is 0 Å². The molecule has 2 heterocycles. The molecule has 0 saturated carbocycles. The van der Waals surface area contributed by atoms with Crippen molar-refractivity contribution < 1.29 is 9.53 Å². The molecule has 4 aromatic rings. The first kappa shape index (κ1) is 23.2. The van der Waals surface area contributed by atoms with Crippen LogP contribution in [0.25, 0.3) is 16.6 Å². The van der Waals surface area contributed by atoms with E-state index in [2.05, 4.69) is 15.5 Å². The second-order valence-corrected chi connectivity index (χ2v) is 8.60. The molecule has 0 aliphatic carbocycles. The van der Waals surface area contributed by atoms with Gasteiger partial charge in [-0.15, -0.1) is 0 Å². The number of hydrogen-bond acceptors (Lipinski definition) is 5. The van der Waals surface area contributed by atoms with Crippen molar-refractivity contribution in [2.75, 3.05) is 0 Å². The second-order valence-electron chi connectivity index (χ2n) is 8.60. The minimum atomic E-state index is -0.790. The average molecular weight is 460 g/mol. The van der Waals surface area contributed by atoms with Crippen molar-refractivity contribution in [1.29, 1.82) is 0 Å². The van der Waals surface area contributed by atoms with Gasteiger partial charge in [0, 0.05) is 6.54 Å². The van der Waals surface area contributed by atoms with E-state index in [-0.39, 0.29) is 12.0 Å². The number of benzene rings is 2. The monoisotopic (exact) mass is 459 g/mol. The van der Waals surface area contributed by atoms with Gasteiger partial charge >= 0.3 is 0 Å². The summed E-state index contributed by atoms with van der Waals surface area (Å²) >= 11 is 0. The van der Waals surface area contributed by atoms with Crippen LogP contribution < -0.4 is 15.6 Å². The van der Waals surface area contributed by atoms with Crippen LogP contribution in [0.2, 0.25) is 0 Å². The van der Waals surface area contributed by atoms with Crippen LogP contribution in [0, 0.1) is 13.8 Å². The summed E-state index contributed by atoms with van der Waals surface area (Å²) in [5, 5.41) is 12.6. The Morgan fingerprint density at radius 2 is 1.68 bits per heavy atom. The van der Waals surface area contributed by atoms with Gasteiger partial charge in [0.1, 0.15) is 11.8 Å². The molecule has 8 nitrogen and oxygen atoms in total. The highest BCUT2D eigenvalue weighted by atomic mass is 16.5. The number of nitrogens with zero attached hydrogens (tertiary/aromatic N) is 4. The van der Waals surface area contributed by atoms with E-state index >= 15 is 0 Å². The number of para-hydroxylation sites is 1. The number of carbonyl (C=O) groups is 1. The first-order valence-electron chi connectivity index (χ1n) is 11.3. The van der Waals surface area contributed by atoms with Crippen LogP contribution in [0.5, 0.6) is 5.75 Å². The molecular weight excluding hydrogens is 430 g/mol. The number of amides is 1. The van der Waals surface area contributed by atoms with Gasteiger partial charge in [0.25, 0.3) is 5.56 Å². The minimum absolute atomic E-state index is 0.0980. The summed E-state index contributed by atoms with van der Waals surface area (Å²) in [6.07, 6.45) is 0.0980. The van der Waals surface area contributed by atoms with Crippen LogP contribution in [-0.2, 0) is 11.3 Å². The highest BCUT2D eigenvalue weighted by molar-refractivity contribution is 5.84. The maximum Gasteiger partial charge on any atom is 0.295 e. The number of aryl methyl sites for hydroxylation is 2. The molecule has 0 fully saturated rings. The molecule has 34 heavy (non-hydrogen) atoms. The van der Waals surface area contributed by atoms with Crippen molar-refractivity contribution in [1.82, 2.24) is 24.9 Å². The van der Waals surface area contributed by atoms with Crippen molar-refractivity contribution >= 4 is 16.8 Å². The van der Waals surface area contributed by atoms with Gasteiger partial charge in [-0.05, 0) is 64.4 Å². The summed E-state index contributed by atoms with van der Waals surface area (Å²) in [5.74, 6) is 0.485. The van der Waals surface area contributed by atoms with Gasteiger partial charge in [-0.1, -0.05) is 30.3 Å². The van der Waals surface area contributed by atoms with Crippen molar-refractivity contribution in [2.24, 2.45) is 0 Å². The lowest BCUT2D eigenvalue weighted by Crippen LogP contribution is -2.37. The predicted molar refractivity (Wildman–Crippen MR) is 131 cm³/mol. The topological polar surface area (TPSA) is 91.0 Å². The molecule has 2 aromatic carbocycles. The normalized spacial score (nSPS) is 12.2. The van der Waals surface area contributed by atoms with Crippen LogP contribution in [0.4, 0.5) is 0 Å². The van der Waals surface area contributed by atoms with Crippen molar-refractivity contribution in [3.8, 4) is 11.4 Å². The Hall–Kier alpha value is -3.94. The Morgan fingerprint density at radius 3 is 2.32 bits per heavy atom. The van der Waals surface area contributed by atoms with Crippen molar-refractivity contribution in [2.45, 2.75) is 53.3 Å². The number of aromatic nitrogens is 4. The zero-order valence-corrected chi connectivity index (χ0v) is 20.1. The van der Waals surface area contributed by atoms with Gasteiger partial charge in [-0.25, -0.2) is 9.36 Å². The smallest absolute Gasteiger partial charge is 0.295 e. The van der Waals surface area contributed by atoms with Gasteiger partial charge < -0.3 is 10.1 Å². The molecule has 0 aliphatic rings. The van der Waals surface area contributed by atoms with Crippen molar-refractivity contribution in [3.05, 3.63) is 81.9 Å². The van der Waals surface area contributed by atoms with E-state index in [9.17, 15) is 9.59 Å². The standard InChI is InChI=1S/C26H29N5O3/c1-16(2)34-22-13-11-20(12-14-22)15-27-25(32)19(5)31-26(33)24-23(17(3)28-31)18(4)30(29-24)21-9-7-6-8-10-21/h6-14,16,19H,15H2,1-5H3,(H,27,32)/t19-/m1/s1. The molecule has 176 valence electrons. The second kappa shape index (κ2) is 9.51. The SMILES string of the molecule is Cc1nn([C@H](C)C(=O)NCc2ccc(OC(C)C)cc2)c(=O)c2nn(-c3ccccc3)c(C)c12. The third-order valence-corrected chi connectivity index (χ3v) is 5.66. The molecule has 0 bridgehead atoms. The highest BCUT2D eigenvalue weighted by Crippen LogP contribution is 2.21.